The highest BCUT2D eigenvalue weighted by molar-refractivity contribution is 7.17. The van der Waals surface area contributed by atoms with E-state index >= 15 is 0 Å². The van der Waals surface area contributed by atoms with Crippen molar-refractivity contribution in [1.29, 1.82) is 0 Å². The van der Waals surface area contributed by atoms with Crippen molar-refractivity contribution < 1.29 is 14.7 Å². The van der Waals surface area contributed by atoms with Gasteiger partial charge in [0.15, 0.2) is 5.13 Å². The van der Waals surface area contributed by atoms with Crippen LogP contribution in [-0.2, 0) is 0 Å². The van der Waals surface area contributed by atoms with Crippen LogP contribution < -0.4 is 11.1 Å². The van der Waals surface area contributed by atoms with E-state index in [0.717, 1.165) is 11.3 Å². The van der Waals surface area contributed by atoms with Crippen LogP contribution in [0.15, 0.2) is 18.2 Å². The Bertz CT molecular complexity index is 699. The number of nitrogens with two attached hydrogens (primary N) is 1. The van der Waals surface area contributed by atoms with E-state index in [-0.39, 0.29) is 21.4 Å². The zero-order chi connectivity index (χ0) is 14.9. The van der Waals surface area contributed by atoms with Gasteiger partial charge in [-0.15, -0.1) is 0 Å². The molecule has 0 fully saturated rings. The Labute approximate surface area is 123 Å². The van der Waals surface area contributed by atoms with Crippen molar-refractivity contribution in [3.05, 3.63) is 39.4 Å². The van der Waals surface area contributed by atoms with Crippen molar-refractivity contribution in [3.63, 3.8) is 0 Å². The Morgan fingerprint density at radius 2 is 2.15 bits per heavy atom. The topological polar surface area (TPSA) is 105 Å². The quantitative estimate of drug-likeness (QED) is 0.808. The molecule has 1 aromatic heterocycles. The normalized spacial score (nSPS) is 10.3. The van der Waals surface area contributed by atoms with Crippen LogP contribution in [0.3, 0.4) is 0 Å². The second-order valence-corrected chi connectivity index (χ2v) is 5.33. The van der Waals surface area contributed by atoms with Crippen LogP contribution in [-0.4, -0.2) is 22.0 Å². The van der Waals surface area contributed by atoms with E-state index in [2.05, 4.69) is 10.3 Å². The number of aromatic nitrogens is 1. The first-order chi connectivity index (χ1) is 9.40. The van der Waals surface area contributed by atoms with Gasteiger partial charge in [-0.1, -0.05) is 29.0 Å². The third-order valence-corrected chi connectivity index (χ3v) is 3.80. The van der Waals surface area contributed by atoms with Crippen molar-refractivity contribution >= 4 is 45.6 Å². The third kappa shape index (κ3) is 2.73. The van der Waals surface area contributed by atoms with Crippen LogP contribution in [0, 0.1) is 6.92 Å². The molecule has 0 radical (unpaired) electrons. The van der Waals surface area contributed by atoms with Gasteiger partial charge >= 0.3 is 5.97 Å². The van der Waals surface area contributed by atoms with Gasteiger partial charge in [-0.2, -0.15) is 0 Å². The number of hydrogen-bond acceptors (Lipinski definition) is 5. The minimum absolute atomic E-state index is 0.0517. The monoisotopic (exact) mass is 311 g/mol. The molecule has 0 unspecified atom stereocenters. The number of aromatic carboxylic acids is 1. The average molecular weight is 312 g/mol. The molecular weight excluding hydrogens is 302 g/mol. The Morgan fingerprint density at radius 1 is 1.45 bits per heavy atom. The van der Waals surface area contributed by atoms with Gasteiger partial charge in [0.1, 0.15) is 10.4 Å². The number of nitrogen functional groups attached to an aromatic ring is 1. The lowest BCUT2D eigenvalue weighted by molar-refractivity contribution is 0.0698. The summed E-state index contributed by atoms with van der Waals surface area (Å²) < 4.78 is 0. The van der Waals surface area contributed by atoms with E-state index in [0.29, 0.717) is 10.6 Å². The lowest BCUT2D eigenvalue weighted by Crippen LogP contribution is -2.14. The van der Waals surface area contributed by atoms with Crippen LogP contribution in [0.1, 0.15) is 25.7 Å². The molecule has 0 atom stereocenters. The number of benzene rings is 1. The molecule has 104 valence electrons. The smallest absolute Gasteiger partial charge is 0.339 e. The molecule has 0 saturated heterocycles. The number of anilines is 2. The maximum atomic E-state index is 12.1. The molecule has 0 aliphatic rings. The fourth-order valence-electron chi connectivity index (χ4n) is 1.65. The summed E-state index contributed by atoms with van der Waals surface area (Å²) in [7, 11) is 0. The van der Waals surface area contributed by atoms with E-state index in [1.165, 1.54) is 12.1 Å². The highest BCUT2D eigenvalue weighted by Crippen LogP contribution is 2.26. The first-order valence-corrected chi connectivity index (χ1v) is 6.65. The molecule has 0 aliphatic carbocycles. The lowest BCUT2D eigenvalue weighted by Gasteiger charge is -2.08. The van der Waals surface area contributed by atoms with Crippen molar-refractivity contribution in [2.45, 2.75) is 6.92 Å². The minimum atomic E-state index is -1.22. The largest absolute Gasteiger partial charge is 0.478 e. The van der Waals surface area contributed by atoms with Crippen LogP contribution in [0.2, 0.25) is 5.02 Å². The van der Waals surface area contributed by atoms with Crippen LogP contribution in [0.4, 0.5) is 10.8 Å². The van der Waals surface area contributed by atoms with Crippen LogP contribution >= 0.6 is 22.9 Å². The first-order valence-electron chi connectivity index (χ1n) is 5.46. The summed E-state index contributed by atoms with van der Waals surface area (Å²) in [5.41, 5.74) is 5.99. The zero-order valence-electron chi connectivity index (χ0n) is 10.3. The van der Waals surface area contributed by atoms with Gasteiger partial charge in [-0.3, -0.25) is 4.79 Å². The number of aryl methyl sites for hydroxylation is 1. The summed E-state index contributed by atoms with van der Waals surface area (Å²) in [6.07, 6.45) is 0. The molecule has 20 heavy (non-hydrogen) atoms. The minimum Gasteiger partial charge on any atom is -0.478 e. The highest BCUT2D eigenvalue weighted by Gasteiger charge is 2.19. The molecular formula is C12H10ClN3O3S. The molecule has 0 saturated carbocycles. The predicted molar refractivity (Wildman–Crippen MR) is 77.6 cm³/mol. The standard InChI is InChI=1S/C12H10ClN3O3S/c1-5-9(20-12(14)15-5)10(17)16-7-4-2-3-6(13)8(7)11(18)19/h2-4H,1H3,(H2,14,15)(H,16,17)(H,18,19). The van der Waals surface area contributed by atoms with Crippen molar-refractivity contribution in [2.75, 3.05) is 11.1 Å². The number of carbonyl (C=O) groups is 2. The van der Waals surface area contributed by atoms with Gasteiger partial charge in [-0.25, -0.2) is 9.78 Å². The van der Waals surface area contributed by atoms with Crippen LogP contribution in [0.5, 0.6) is 0 Å². The van der Waals surface area contributed by atoms with Gasteiger partial charge in [0.05, 0.1) is 16.4 Å². The predicted octanol–water partition coefficient (Wildman–Crippen LogP) is 2.64. The molecule has 8 heteroatoms. The summed E-state index contributed by atoms with van der Waals surface area (Å²) in [6.45, 7) is 1.65. The molecule has 0 spiro atoms. The second kappa shape index (κ2) is 5.48. The number of amides is 1. The number of carboxylic acid groups (broad SMARTS) is 1. The molecule has 2 rings (SSSR count). The van der Waals surface area contributed by atoms with Gasteiger partial charge in [-0.05, 0) is 19.1 Å². The molecule has 1 aromatic carbocycles. The van der Waals surface area contributed by atoms with E-state index in [9.17, 15) is 9.59 Å². The third-order valence-electron chi connectivity index (χ3n) is 2.50. The maximum Gasteiger partial charge on any atom is 0.339 e. The summed E-state index contributed by atoms with van der Waals surface area (Å²) in [5.74, 6) is -1.69. The number of hydrogen-bond donors (Lipinski definition) is 3. The lowest BCUT2D eigenvalue weighted by atomic mass is 10.1. The maximum absolute atomic E-state index is 12.1. The van der Waals surface area contributed by atoms with Gasteiger partial charge < -0.3 is 16.2 Å². The van der Waals surface area contributed by atoms with Gasteiger partial charge in [0.2, 0.25) is 0 Å². The molecule has 1 heterocycles. The molecule has 6 nitrogen and oxygen atoms in total. The Morgan fingerprint density at radius 3 is 2.70 bits per heavy atom. The first kappa shape index (κ1) is 14.3. The van der Waals surface area contributed by atoms with E-state index < -0.39 is 11.9 Å². The van der Waals surface area contributed by atoms with E-state index in [1.807, 2.05) is 0 Å². The SMILES string of the molecule is Cc1nc(N)sc1C(=O)Nc1cccc(Cl)c1C(=O)O. The molecule has 0 bridgehead atoms. The van der Waals surface area contributed by atoms with Gasteiger partial charge in [0.25, 0.3) is 5.91 Å². The Kier molecular flexibility index (Phi) is 3.91. The average Bonchev–Trinajstić information content (AvgIpc) is 2.68. The highest BCUT2D eigenvalue weighted by atomic mass is 35.5. The second-order valence-electron chi connectivity index (χ2n) is 3.89. The van der Waals surface area contributed by atoms with E-state index in [1.54, 1.807) is 13.0 Å². The summed E-state index contributed by atoms with van der Waals surface area (Å²) in [5, 5.41) is 12.0. The number of carbonyl (C=O) groups excluding carboxylic acids is 1. The molecule has 1 amide bonds. The fraction of sp³-hybridized carbons (Fsp3) is 0.0833. The summed E-state index contributed by atoms with van der Waals surface area (Å²) in [6, 6.07) is 4.46. The zero-order valence-corrected chi connectivity index (χ0v) is 11.9. The van der Waals surface area contributed by atoms with Crippen molar-refractivity contribution in [2.24, 2.45) is 0 Å². The number of carboxylic acids is 1. The van der Waals surface area contributed by atoms with Gasteiger partial charge in [0, 0.05) is 0 Å². The number of thiazole rings is 1. The number of nitrogens with one attached hydrogen (secondary N) is 1. The van der Waals surface area contributed by atoms with Crippen LogP contribution in [0.25, 0.3) is 0 Å². The molecule has 0 aliphatic heterocycles. The fourth-order valence-corrected chi connectivity index (χ4v) is 2.64. The molecule has 2 aromatic rings. The number of rotatable bonds is 3. The Balaban J connectivity index is 2.36. The number of halogens is 1. The summed E-state index contributed by atoms with van der Waals surface area (Å²) >= 11 is 6.86. The van der Waals surface area contributed by atoms with E-state index in [4.69, 9.17) is 22.4 Å². The number of nitrogens with zero attached hydrogens (tertiary/aromatic N) is 1. The van der Waals surface area contributed by atoms with Crippen molar-refractivity contribution in [1.82, 2.24) is 4.98 Å². The molecule has 4 N–H and O–H groups in total. The Hall–Kier alpha value is -2.12. The summed E-state index contributed by atoms with van der Waals surface area (Å²) in [4.78, 5) is 27.5. The van der Waals surface area contributed by atoms with Crippen molar-refractivity contribution in [3.8, 4) is 0 Å².